The lowest BCUT2D eigenvalue weighted by atomic mass is 10.2. The molecule has 0 fully saturated rings. The second-order valence-electron chi connectivity index (χ2n) is 6.92. The third-order valence-electron chi connectivity index (χ3n) is 4.38. The van der Waals surface area contributed by atoms with Crippen LogP contribution in [-0.4, -0.2) is 35.2 Å². The van der Waals surface area contributed by atoms with Crippen molar-refractivity contribution in [3.8, 4) is 11.5 Å². The van der Waals surface area contributed by atoms with E-state index in [1.54, 1.807) is 18.2 Å². The molecular formula is C22H24ClN3O4S. The van der Waals surface area contributed by atoms with Crippen molar-refractivity contribution in [3.05, 3.63) is 58.6 Å². The molecule has 0 aliphatic carbocycles. The minimum absolute atomic E-state index is 0.254. The van der Waals surface area contributed by atoms with Gasteiger partial charge in [0, 0.05) is 30.9 Å². The van der Waals surface area contributed by atoms with Crippen molar-refractivity contribution < 1.29 is 19.1 Å². The van der Waals surface area contributed by atoms with Gasteiger partial charge in [0.2, 0.25) is 11.8 Å². The van der Waals surface area contributed by atoms with Crippen molar-refractivity contribution in [1.82, 2.24) is 10.3 Å². The summed E-state index contributed by atoms with van der Waals surface area (Å²) in [5, 5.41) is 8.54. The number of carbonyl (C=O) groups excluding carboxylic acids is 2. The van der Waals surface area contributed by atoms with Crippen LogP contribution in [0, 0.1) is 6.92 Å². The Hall–Kier alpha value is -2.71. The first kappa shape index (κ1) is 23.0. The molecule has 2 amide bonds. The number of hydrazone groups is 1. The zero-order valence-electron chi connectivity index (χ0n) is 17.6. The van der Waals surface area contributed by atoms with Gasteiger partial charge in [0.25, 0.3) is 0 Å². The Morgan fingerprint density at radius 1 is 1.13 bits per heavy atom. The SMILES string of the molecule is CC(=O)NC1=NN(C(C)=O)[C@@H](c2cc(Cl)ccc2OCCCOc2ccccc2C)S1. The summed E-state index contributed by atoms with van der Waals surface area (Å²) < 4.78 is 11.8. The first-order chi connectivity index (χ1) is 14.8. The van der Waals surface area contributed by atoms with Crippen LogP contribution in [0.1, 0.15) is 36.8 Å². The van der Waals surface area contributed by atoms with Gasteiger partial charge in [-0.15, -0.1) is 5.10 Å². The average Bonchev–Trinajstić information content (AvgIpc) is 3.13. The lowest BCUT2D eigenvalue weighted by molar-refractivity contribution is -0.129. The van der Waals surface area contributed by atoms with Crippen LogP contribution in [0.25, 0.3) is 0 Å². The summed E-state index contributed by atoms with van der Waals surface area (Å²) >= 11 is 7.47. The number of amidine groups is 1. The summed E-state index contributed by atoms with van der Waals surface area (Å²) in [5.41, 5.74) is 1.79. The zero-order chi connectivity index (χ0) is 22.4. The second-order valence-corrected chi connectivity index (χ2v) is 8.42. The fraction of sp³-hybridized carbons (Fsp3) is 0.318. The Balaban J connectivity index is 1.65. The van der Waals surface area contributed by atoms with Crippen molar-refractivity contribution >= 4 is 40.3 Å². The molecule has 31 heavy (non-hydrogen) atoms. The minimum atomic E-state index is -0.490. The number of amides is 2. The van der Waals surface area contributed by atoms with Crippen LogP contribution in [0.5, 0.6) is 11.5 Å². The summed E-state index contributed by atoms with van der Waals surface area (Å²) in [6.45, 7) is 5.76. The summed E-state index contributed by atoms with van der Waals surface area (Å²) in [5.74, 6) is 0.946. The first-order valence-corrected chi connectivity index (χ1v) is 11.0. The summed E-state index contributed by atoms with van der Waals surface area (Å²) in [6.07, 6.45) is 0.679. The molecule has 2 aromatic carbocycles. The van der Waals surface area contributed by atoms with Gasteiger partial charge in [-0.25, -0.2) is 5.01 Å². The van der Waals surface area contributed by atoms with Crippen LogP contribution in [0.4, 0.5) is 0 Å². The van der Waals surface area contributed by atoms with Crippen LogP contribution in [0.15, 0.2) is 47.6 Å². The summed E-state index contributed by atoms with van der Waals surface area (Å²) in [4.78, 5) is 23.5. The number of carbonyl (C=O) groups is 2. The maximum atomic E-state index is 12.1. The highest BCUT2D eigenvalue weighted by Crippen LogP contribution is 2.43. The number of halogens is 1. The topological polar surface area (TPSA) is 80.2 Å². The lowest BCUT2D eigenvalue weighted by Crippen LogP contribution is -2.25. The van der Waals surface area contributed by atoms with Crippen LogP contribution < -0.4 is 14.8 Å². The molecule has 1 atom stereocenters. The lowest BCUT2D eigenvalue weighted by Gasteiger charge is -2.22. The van der Waals surface area contributed by atoms with E-state index in [4.69, 9.17) is 21.1 Å². The molecule has 9 heteroatoms. The molecule has 0 saturated heterocycles. The zero-order valence-corrected chi connectivity index (χ0v) is 19.1. The Bertz CT molecular complexity index is 998. The van der Waals surface area contributed by atoms with Crippen molar-refractivity contribution in [2.75, 3.05) is 13.2 Å². The highest BCUT2D eigenvalue weighted by molar-refractivity contribution is 8.14. The number of ether oxygens (including phenoxy) is 2. The van der Waals surface area contributed by atoms with Crippen molar-refractivity contribution in [1.29, 1.82) is 0 Å². The van der Waals surface area contributed by atoms with E-state index in [9.17, 15) is 9.59 Å². The van der Waals surface area contributed by atoms with Gasteiger partial charge in [0.05, 0.1) is 13.2 Å². The average molecular weight is 462 g/mol. The molecule has 1 aliphatic rings. The maximum absolute atomic E-state index is 12.1. The normalized spacial score (nSPS) is 15.4. The fourth-order valence-corrected chi connectivity index (χ4v) is 4.29. The van der Waals surface area contributed by atoms with Gasteiger partial charge in [-0.1, -0.05) is 41.6 Å². The fourth-order valence-electron chi connectivity index (χ4n) is 2.95. The van der Waals surface area contributed by atoms with Gasteiger partial charge >= 0.3 is 0 Å². The number of nitrogens with one attached hydrogen (secondary N) is 1. The standard InChI is InChI=1S/C22H24ClN3O4S/c1-14-7-4-5-8-19(14)29-11-6-12-30-20-10-9-17(23)13-18(20)21-26(16(3)28)25-22(31-21)24-15(2)27/h4-5,7-10,13,21H,6,11-12H2,1-3H3,(H,24,25,27)/t21-/m1/s1. The molecule has 1 N–H and O–H groups in total. The molecule has 0 bridgehead atoms. The van der Waals surface area contributed by atoms with Gasteiger partial charge in [-0.2, -0.15) is 0 Å². The predicted octanol–water partition coefficient (Wildman–Crippen LogP) is 4.50. The molecule has 2 aromatic rings. The van der Waals surface area contributed by atoms with Crippen LogP contribution in [0.2, 0.25) is 5.02 Å². The van der Waals surface area contributed by atoms with E-state index in [0.717, 1.165) is 11.3 Å². The number of nitrogens with zero attached hydrogens (tertiary/aromatic N) is 2. The van der Waals surface area contributed by atoms with Gasteiger partial charge in [-0.3, -0.25) is 9.59 Å². The smallest absolute Gasteiger partial charge is 0.241 e. The Labute approximate surface area is 190 Å². The minimum Gasteiger partial charge on any atom is -0.493 e. The van der Waals surface area contributed by atoms with Gasteiger partial charge in [0.15, 0.2) is 5.17 Å². The van der Waals surface area contributed by atoms with Crippen molar-refractivity contribution in [2.45, 2.75) is 32.6 Å². The number of thioether (sulfide) groups is 1. The Morgan fingerprint density at radius 2 is 1.84 bits per heavy atom. The molecule has 3 rings (SSSR count). The van der Waals surface area contributed by atoms with Crippen molar-refractivity contribution in [3.63, 3.8) is 0 Å². The maximum Gasteiger partial charge on any atom is 0.241 e. The largest absolute Gasteiger partial charge is 0.493 e. The van der Waals surface area contributed by atoms with Crippen LogP contribution >= 0.6 is 23.4 Å². The molecule has 7 nitrogen and oxygen atoms in total. The molecule has 164 valence electrons. The van der Waals surface area contributed by atoms with E-state index in [-0.39, 0.29) is 11.8 Å². The van der Waals surface area contributed by atoms with E-state index in [2.05, 4.69) is 10.4 Å². The molecule has 0 spiro atoms. The monoisotopic (exact) mass is 461 g/mol. The van der Waals surface area contributed by atoms with Gasteiger partial charge in [-0.05, 0) is 36.8 Å². The Kier molecular flexibility index (Phi) is 7.81. The quantitative estimate of drug-likeness (QED) is 0.614. The van der Waals surface area contributed by atoms with Crippen molar-refractivity contribution in [2.24, 2.45) is 5.10 Å². The predicted molar refractivity (Wildman–Crippen MR) is 122 cm³/mol. The van der Waals surface area contributed by atoms with Gasteiger partial charge < -0.3 is 14.8 Å². The highest BCUT2D eigenvalue weighted by atomic mass is 35.5. The first-order valence-electron chi connectivity index (χ1n) is 9.78. The second kappa shape index (κ2) is 10.5. The van der Waals surface area contributed by atoms with Crippen LogP contribution in [0.3, 0.4) is 0 Å². The highest BCUT2D eigenvalue weighted by Gasteiger charge is 2.34. The Morgan fingerprint density at radius 3 is 2.52 bits per heavy atom. The summed E-state index contributed by atoms with van der Waals surface area (Å²) in [7, 11) is 0. The van der Waals surface area contributed by atoms with Crippen LogP contribution in [-0.2, 0) is 9.59 Å². The molecule has 0 saturated carbocycles. The molecule has 0 aromatic heterocycles. The summed E-state index contributed by atoms with van der Waals surface area (Å²) in [6, 6.07) is 13.1. The molecule has 0 unspecified atom stereocenters. The van der Waals surface area contributed by atoms with E-state index in [1.807, 2.05) is 31.2 Å². The third-order valence-corrected chi connectivity index (χ3v) is 5.70. The third kappa shape index (κ3) is 6.15. The van der Waals surface area contributed by atoms with E-state index in [1.165, 1.54) is 30.6 Å². The number of aryl methyl sites for hydroxylation is 1. The van der Waals surface area contributed by atoms with E-state index >= 15 is 0 Å². The van der Waals surface area contributed by atoms with E-state index < -0.39 is 5.37 Å². The van der Waals surface area contributed by atoms with E-state index in [0.29, 0.717) is 41.1 Å². The molecule has 1 heterocycles. The van der Waals surface area contributed by atoms with Gasteiger partial charge in [0.1, 0.15) is 16.9 Å². The molecule has 0 radical (unpaired) electrons. The number of benzene rings is 2. The molecule has 1 aliphatic heterocycles. The number of hydrogen-bond acceptors (Lipinski definition) is 6. The number of hydrogen-bond donors (Lipinski definition) is 1. The number of rotatable bonds is 7. The number of para-hydroxylation sites is 1. The molecular weight excluding hydrogens is 438 g/mol.